The first-order valence-corrected chi connectivity index (χ1v) is 7.22. The predicted molar refractivity (Wildman–Crippen MR) is 79.6 cm³/mol. The number of nitrogens with one attached hydrogen (secondary N) is 1. The molecule has 2 rings (SSSR count). The maximum Gasteiger partial charge on any atom is 0.233 e. The lowest BCUT2D eigenvalue weighted by molar-refractivity contribution is 0.346. The molecule has 0 spiro atoms. The Hall–Kier alpha value is -1.68. The van der Waals surface area contributed by atoms with E-state index in [2.05, 4.69) is 55.3 Å². The Morgan fingerprint density at radius 1 is 1.15 bits per heavy atom. The minimum Gasteiger partial charge on any atom is -0.423 e. The fraction of sp³-hybridized carbons (Fsp3) is 0.500. The van der Waals surface area contributed by atoms with Gasteiger partial charge in [0.05, 0.1) is 11.5 Å². The van der Waals surface area contributed by atoms with Crippen LogP contribution in [0.2, 0.25) is 0 Å². The summed E-state index contributed by atoms with van der Waals surface area (Å²) in [6, 6.07) is 10.4. The molecule has 4 heteroatoms. The van der Waals surface area contributed by atoms with Crippen molar-refractivity contribution in [1.29, 1.82) is 0 Å². The highest BCUT2D eigenvalue weighted by Crippen LogP contribution is 2.31. The zero-order valence-corrected chi connectivity index (χ0v) is 12.7. The van der Waals surface area contributed by atoms with Gasteiger partial charge in [-0.05, 0) is 32.4 Å². The Morgan fingerprint density at radius 2 is 1.85 bits per heavy atom. The van der Waals surface area contributed by atoms with Crippen molar-refractivity contribution in [3.8, 4) is 0 Å². The van der Waals surface area contributed by atoms with Crippen LogP contribution >= 0.6 is 0 Å². The molecule has 1 N–H and O–H groups in total. The lowest BCUT2D eigenvalue weighted by Gasteiger charge is -2.20. The molecular weight excluding hydrogens is 250 g/mol. The molecule has 0 bridgehead atoms. The molecule has 2 aromatic rings. The van der Waals surface area contributed by atoms with E-state index < -0.39 is 0 Å². The van der Waals surface area contributed by atoms with E-state index in [1.807, 2.05) is 18.2 Å². The van der Waals surface area contributed by atoms with Gasteiger partial charge in [-0.25, -0.2) is 0 Å². The average molecular weight is 273 g/mol. The zero-order valence-electron chi connectivity index (χ0n) is 12.7. The molecule has 0 aliphatic rings. The number of nitrogens with zero attached hydrogens (tertiary/aromatic N) is 2. The normalized spacial score (nSPS) is 13.4. The van der Waals surface area contributed by atoms with E-state index in [1.165, 1.54) is 5.56 Å². The van der Waals surface area contributed by atoms with Crippen molar-refractivity contribution in [3.05, 3.63) is 47.7 Å². The minimum atomic E-state index is -0.281. The SMILES string of the molecule is CCNC(CC)c1nnc(C(C)(C)c2ccccc2)o1. The van der Waals surface area contributed by atoms with Crippen LogP contribution in [0.15, 0.2) is 34.7 Å². The molecule has 1 atom stereocenters. The van der Waals surface area contributed by atoms with E-state index in [0.717, 1.165) is 13.0 Å². The number of rotatable bonds is 6. The standard InChI is InChI=1S/C16H23N3O/c1-5-13(17-6-2)14-18-19-15(20-14)16(3,4)12-10-8-7-9-11-12/h7-11,13,17H,5-6H2,1-4H3. The molecule has 0 radical (unpaired) electrons. The van der Waals surface area contributed by atoms with Crippen LogP contribution in [0, 0.1) is 0 Å². The third-order valence-electron chi connectivity index (χ3n) is 3.63. The van der Waals surface area contributed by atoms with Gasteiger partial charge in [-0.1, -0.05) is 44.2 Å². The molecule has 20 heavy (non-hydrogen) atoms. The minimum absolute atomic E-state index is 0.132. The fourth-order valence-corrected chi connectivity index (χ4v) is 2.26. The van der Waals surface area contributed by atoms with Gasteiger partial charge < -0.3 is 9.73 Å². The Kier molecular flexibility index (Phi) is 4.55. The van der Waals surface area contributed by atoms with Crippen molar-refractivity contribution in [3.63, 3.8) is 0 Å². The molecule has 0 fully saturated rings. The number of hydrogen-bond acceptors (Lipinski definition) is 4. The number of benzene rings is 1. The maximum absolute atomic E-state index is 5.92. The van der Waals surface area contributed by atoms with Gasteiger partial charge >= 0.3 is 0 Å². The predicted octanol–water partition coefficient (Wildman–Crippen LogP) is 3.46. The van der Waals surface area contributed by atoms with Crippen LogP contribution < -0.4 is 5.32 Å². The summed E-state index contributed by atoms with van der Waals surface area (Å²) in [5.74, 6) is 1.34. The molecule has 1 unspecified atom stereocenters. The van der Waals surface area contributed by atoms with Gasteiger partial charge in [0.25, 0.3) is 0 Å². The van der Waals surface area contributed by atoms with Gasteiger partial charge in [0, 0.05) is 0 Å². The summed E-state index contributed by atoms with van der Waals surface area (Å²) < 4.78 is 5.92. The summed E-state index contributed by atoms with van der Waals surface area (Å²) in [5.41, 5.74) is 0.892. The van der Waals surface area contributed by atoms with E-state index in [1.54, 1.807) is 0 Å². The van der Waals surface area contributed by atoms with Gasteiger partial charge in [0.15, 0.2) is 0 Å². The van der Waals surface area contributed by atoms with Gasteiger partial charge in [-0.2, -0.15) is 0 Å². The Balaban J connectivity index is 2.28. The first-order chi connectivity index (χ1) is 9.59. The zero-order chi connectivity index (χ0) is 14.6. The fourth-order valence-electron chi connectivity index (χ4n) is 2.26. The first-order valence-electron chi connectivity index (χ1n) is 7.22. The highest BCUT2D eigenvalue weighted by molar-refractivity contribution is 5.29. The molecule has 0 aliphatic carbocycles. The van der Waals surface area contributed by atoms with Gasteiger partial charge in [-0.15, -0.1) is 10.2 Å². The van der Waals surface area contributed by atoms with Crippen LogP contribution in [0.3, 0.4) is 0 Å². The molecule has 1 aromatic carbocycles. The van der Waals surface area contributed by atoms with Crippen molar-refractivity contribution in [2.24, 2.45) is 0 Å². The summed E-state index contributed by atoms with van der Waals surface area (Å²) in [7, 11) is 0. The molecule has 0 amide bonds. The second-order valence-electron chi connectivity index (χ2n) is 5.45. The quantitative estimate of drug-likeness (QED) is 0.875. The summed E-state index contributed by atoms with van der Waals surface area (Å²) >= 11 is 0. The van der Waals surface area contributed by atoms with Crippen molar-refractivity contribution in [1.82, 2.24) is 15.5 Å². The maximum atomic E-state index is 5.92. The van der Waals surface area contributed by atoms with Crippen LogP contribution in [-0.4, -0.2) is 16.7 Å². The first kappa shape index (κ1) is 14.7. The van der Waals surface area contributed by atoms with E-state index in [9.17, 15) is 0 Å². The molecule has 1 heterocycles. The smallest absolute Gasteiger partial charge is 0.233 e. The largest absolute Gasteiger partial charge is 0.423 e. The van der Waals surface area contributed by atoms with Gasteiger partial charge in [-0.3, -0.25) is 0 Å². The van der Waals surface area contributed by atoms with Crippen molar-refractivity contribution >= 4 is 0 Å². The van der Waals surface area contributed by atoms with Crippen LogP contribution in [0.25, 0.3) is 0 Å². The highest BCUT2D eigenvalue weighted by atomic mass is 16.4. The molecule has 1 aromatic heterocycles. The monoisotopic (exact) mass is 273 g/mol. The van der Waals surface area contributed by atoms with Gasteiger partial charge in [0.2, 0.25) is 11.8 Å². The van der Waals surface area contributed by atoms with Crippen LogP contribution in [0.4, 0.5) is 0 Å². The summed E-state index contributed by atoms with van der Waals surface area (Å²) in [6.45, 7) is 9.29. The summed E-state index contributed by atoms with van der Waals surface area (Å²) in [4.78, 5) is 0. The van der Waals surface area contributed by atoms with Crippen molar-refractivity contribution < 1.29 is 4.42 Å². The average Bonchev–Trinajstić information content (AvgIpc) is 2.96. The van der Waals surface area contributed by atoms with Crippen LogP contribution in [0.1, 0.15) is 57.5 Å². The van der Waals surface area contributed by atoms with E-state index in [-0.39, 0.29) is 11.5 Å². The molecule has 4 nitrogen and oxygen atoms in total. The number of hydrogen-bond donors (Lipinski definition) is 1. The van der Waals surface area contributed by atoms with Crippen molar-refractivity contribution in [2.75, 3.05) is 6.54 Å². The summed E-state index contributed by atoms with van der Waals surface area (Å²) in [6.07, 6.45) is 0.932. The molecule has 0 saturated carbocycles. The van der Waals surface area contributed by atoms with Crippen LogP contribution in [0.5, 0.6) is 0 Å². The molecular formula is C16H23N3O. The Bertz CT molecular complexity index is 534. The Morgan fingerprint density at radius 3 is 2.45 bits per heavy atom. The second-order valence-corrected chi connectivity index (χ2v) is 5.45. The second kappa shape index (κ2) is 6.18. The lowest BCUT2D eigenvalue weighted by atomic mass is 9.85. The van der Waals surface area contributed by atoms with Crippen molar-refractivity contribution in [2.45, 2.75) is 45.6 Å². The molecule has 0 aliphatic heterocycles. The summed E-state index contributed by atoms with van der Waals surface area (Å²) in [5, 5.41) is 11.8. The number of aromatic nitrogens is 2. The Labute approximate surface area is 120 Å². The third kappa shape index (κ3) is 2.90. The topological polar surface area (TPSA) is 51.0 Å². The van der Waals surface area contributed by atoms with Gasteiger partial charge in [0.1, 0.15) is 0 Å². The van der Waals surface area contributed by atoms with Crippen LogP contribution in [-0.2, 0) is 5.41 Å². The van der Waals surface area contributed by atoms with E-state index >= 15 is 0 Å². The third-order valence-corrected chi connectivity index (χ3v) is 3.63. The molecule has 108 valence electrons. The lowest BCUT2D eigenvalue weighted by Crippen LogP contribution is -2.21. The molecule has 0 saturated heterocycles. The van der Waals surface area contributed by atoms with E-state index in [0.29, 0.717) is 11.8 Å². The highest BCUT2D eigenvalue weighted by Gasteiger charge is 2.30. The van der Waals surface area contributed by atoms with E-state index in [4.69, 9.17) is 4.42 Å².